The van der Waals surface area contributed by atoms with Gasteiger partial charge in [0.25, 0.3) is 0 Å². The molecule has 0 radical (unpaired) electrons. The molecule has 4 rings (SSSR count). The molecule has 0 bridgehead atoms. The third kappa shape index (κ3) is 4.35. The third-order valence-corrected chi connectivity index (χ3v) is 6.65. The van der Waals surface area contributed by atoms with Crippen LogP contribution in [0.15, 0.2) is 53.7 Å². The van der Waals surface area contributed by atoms with Crippen molar-refractivity contribution in [3.8, 4) is 11.1 Å². The van der Waals surface area contributed by atoms with E-state index in [1.165, 1.54) is 10.6 Å². The van der Waals surface area contributed by atoms with Gasteiger partial charge in [0.1, 0.15) is 18.4 Å². The molecule has 1 aliphatic heterocycles. The van der Waals surface area contributed by atoms with Crippen molar-refractivity contribution in [2.75, 3.05) is 45.6 Å². The van der Waals surface area contributed by atoms with Gasteiger partial charge in [-0.3, -0.25) is 4.90 Å². The van der Waals surface area contributed by atoms with Crippen LogP contribution in [-0.2, 0) is 14.9 Å². The summed E-state index contributed by atoms with van der Waals surface area (Å²) >= 11 is 0. The molecule has 29 heavy (non-hydrogen) atoms. The second-order valence-electron chi connectivity index (χ2n) is 7.44. The lowest BCUT2D eigenvalue weighted by atomic mass is 10.1. The minimum atomic E-state index is -3.15. The summed E-state index contributed by atoms with van der Waals surface area (Å²) in [7, 11) is -3.15. The fourth-order valence-corrected chi connectivity index (χ4v) is 4.70. The number of aliphatic hydroxyl groups excluding tert-OH is 1. The maximum atomic E-state index is 11.6. The third-order valence-electron chi connectivity index (χ3n) is 5.35. The Morgan fingerprint density at radius 2 is 1.48 bits per heavy atom. The van der Waals surface area contributed by atoms with E-state index in [2.05, 4.69) is 17.3 Å². The van der Waals surface area contributed by atoms with Crippen LogP contribution in [-0.4, -0.2) is 80.1 Å². The standard InChI is InChI=1S/C21H25N3O4S/c1-29(26,27)24-12-10-23(11-13-24)14-16(25)15-28-22-21-19-8-4-2-6-17(19)18-7-3-5-9-20(18)21/h2-9,16,25H,10-15H2,1H3. The summed E-state index contributed by atoms with van der Waals surface area (Å²) in [5.41, 5.74) is 5.11. The van der Waals surface area contributed by atoms with Gasteiger partial charge in [0.15, 0.2) is 0 Å². The van der Waals surface area contributed by atoms with Crippen LogP contribution in [0, 0.1) is 0 Å². The molecule has 0 amide bonds. The van der Waals surface area contributed by atoms with E-state index >= 15 is 0 Å². The average Bonchev–Trinajstić information content (AvgIpc) is 3.02. The fraction of sp³-hybridized carbons (Fsp3) is 0.381. The number of hydrogen-bond donors (Lipinski definition) is 1. The molecule has 2 aliphatic rings. The van der Waals surface area contributed by atoms with Gasteiger partial charge >= 0.3 is 0 Å². The maximum Gasteiger partial charge on any atom is 0.211 e. The second-order valence-corrected chi connectivity index (χ2v) is 9.43. The lowest BCUT2D eigenvalue weighted by Crippen LogP contribution is -2.50. The topological polar surface area (TPSA) is 82.4 Å². The van der Waals surface area contributed by atoms with E-state index in [1.807, 2.05) is 41.3 Å². The molecule has 7 nitrogen and oxygen atoms in total. The number of rotatable bonds is 6. The molecule has 1 unspecified atom stereocenters. The van der Waals surface area contributed by atoms with Gasteiger partial charge < -0.3 is 9.94 Å². The average molecular weight is 416 g/mol. The predicted molar refractivity (Wildman–Crippen MR) is 112 cm³/mol. The van der Waals surface area contributed by atoms with Crippen molar-refractivity contribution in [1.29, 1.82) is 0 Å². The van der Waals surface area contributed by atoms with E-state index < -0.39 is 16.1 Å². The number of nitrogens with zero attached hydrogens (tertiary/aromatic N) is 3. The van der Waals surface area contributed by atoms with Gasteiger partial charge in [-0.1, -0.05) is 53.7 Å². The van der Waals surface area contributed by atoms with Gasteiger partial charge in [-0.2, -0.15) is 4.31 Å². The molecule has 8 heteroatoms. The molecule has 1 atom stereocenters. The van der Waals surface area contributed by atoms with Crippen LogP contribution in [0.1, 0.15) is 11.1 Å². The zero-order valence-electron chi connectivity index (χ0n) is 16.4. The summed E-state index contributed by atoms with van der Waals surface area (Å²) in [4.78, 5) is 7.56. The smallest absolute Gasteiger partial charge is 0.211 e. The first-order valence-corrected chi connectivity index (χ1v) is 11.5. The monoisotopic (exact) mass is 415 g/mol. The number of sulfonamides is 1. The van der Waals surface area contributed by atoms with Crippen LogP contribution in [0.2, 0.25) is 0 Å². The van der Waals surface area contributed by atoms with Gasteiger partial charge in [0, 0.05) is 43.9 Å². The Bertz CT molecular complexity index is 967. The molecule has 1 N–H and O–H groups in total. The maximum absolute atomic E-state index is 11.6. The zero-order valence-corrected chi connectivity index (χ0v) is 17.2. The van der Waals surface area contributed by atoms with Gasteiger partial charge in [-0.25, -0.2) is 8.42 Å². The lowest BCUT2D eigenvalue weighted by Gasteiger charge is -2.33. The van der Waals surface area contributed by atoms with Crippen molar-refractivity contribution in [2.45, 2.75) is 6.10 Å². The van der Waals surface area contributed by atoms with Gasteiger partial charge in [-0.15, -0.1) is 0 Å². The fourth-order valence-electron chi connectivity index (χ4n) is 3.87. The number of aliphatic hydroxyl groups is 1. The molecule has 2 aromatic rings. The molecular weight excluding hydrogens is 390 g/mol. The SMILES string of the molecule is CS(=O)(=O)N1CCN(CC(O)CON=C2c3ccccc3-c3ccccc32)CC1. The van der Waals surface area contributed by atoms with E-state index in [9.17, 15) is 13.5 Å². The first-order chi connectivity index (χ1) is 13.9. The van der Waals surface area contributed by atoms with Gasteiger partial charge in [0.05, 0.1) is 6.26 Å². The normalized spacial score (nSPS) is 18.2. The highest BCUT2D eigenvalue weighted by Gasteiger charge is 2.26. The Hall–Kier alpha value is -2.26. The van der Waals surface area contributed by atoms with Crippen LogP contribution in [0.3, 0.4) is 0 Å². The van der Waals surface area contributed by atoms with Crippen LogP contribution in [0.25, 0.3) is 11.1 Å². The van der Waals surface area contributed by atoms with Crippen LogP contribution in [0.5, 0.6) is 0 Å². The Labute approximate surface area is 171 Å². The number of benzene rings is 2. The number of β-amino-alcohol motifs (C(OH)–C–C–N with tert-alkyl or cyclic N) is 1. The van der Waals surface area contributed by atoms with Crippen LogP contribution < -0.4 is 0 Å². The summed E-state index contributed by atoms with van der Waals surface area (Å²) in [5, 5.41) is 14.7. The first kappa shape index (κ1) is 20.0. The molecule has 1 heterocycles. The second kappa shape index (κ2) is 8.23. The molecule has 0 aromatic heterocycles. The Kier molecular flexibility index (Phi) is 5.69. The summed E-state index contributed by atoms with van der Waals surface area (Å²) < 4.78 is 24.6. The Morgan fingerprint density at radius 3 is 2.00 bits per heavy atom. The van der Waals surface area contributed by atoms with Crippen molar-refractivity contribution in [3.63, 3.8) is 0 Å². The first-order valence-electron chi connectivity index (χ1n) is 9.68. The van der Waals surface area contributed by atoms with Crippen molar-refractivity contribution < 1.29 is 18.4 Å². The van der Waals surface area contributed by atoms with E-state index in [-0.39, 0.29) is 6.61 Å². The van der Waals surface area contributed by atoms with E-state index in [4.69, 9.17) is 4.84 Å². The molecular formula is C21H25N3O4S. The summed E-state index contributed by atoms with van der Waals surface area (Å²) in [6.45, 7) is 2.60. The number of oxime groups is 1. The Balaban J connectivity index is 1.35. The van der Waals surface area contributed by atoms with Crippen molar-refractivity contribution in [3.05, 3.63) is 59.7 Å². The van der Waals surface area contributed by atoms with Gasteiger partial charge in [-0.05, 0) is 11.1 Å². The quantitative estimate of drug-likeness (QED) is 0.615. The van der Waals surface area contributed by atoms with E-state index in [0.29, 0.717) is 32.7 Å². The van der Waals surface area contributed by atoms with Crippen molar-refractivity contribution >= 4 is 15.7 Å². The molecule has 2 aromatic carbocycles. The summed E-state index contributed by atoms with van der Waals surface area (Å²) in [6, 6.07) is 16.2. The zero-order chi connectivity index (χ0) is 20.4. The predicted octanol–water partition coefficient (Wildman–Crippen LogP) is 1.37. The van der Waals surface area contributed by atoms with Crippen molar-refractivity contribution in [1.82, 2.24) is 9.21 Å². The molecule has 0 spiro atoms. The highest BCUT2D eigenvalue weighted by atomic mass is 32.2. The van der Waals surface area contributed by atoms with Gasteiger partial charge in [0.2, 0.25) is 10.0 Å². The Morgan fingerprint density at radius 1 is 0.966 bits per heavy atom. The summed E-state index contributed by atoms with van der Waals surface area (Å²) in [6.07, 6.45) is 0.528. The molecule has 1 fully saturated rings. The molecule has 1 saturated heterocycles. The van der Waals surface area contributed by atoms with Crippen LogP contribution >= 0.6 is 0 Å². The van der Waals surface area contributed by atoms with E-state index in [0.717, 1.165) is 28.0 Å². The highest BCUT2D eigenvalue weighted by molar-refractivity contribution is 7.88. The van der Waals surface area contributed by atoms with Crippen LogP contribution in [0.4, 0.5) is 0 Å². The minimum absolute atomic E-state index is 0.0835. The number of fused-ring (bicyclic) bond motifs is 3. The number of hydrogen-bond acceptors (Lipinski definition) is 6. The number of piperazine rings is 1. The highest BCUT2D eigenvalue weighted by Crippen LogP contribution is 2.36. The lowest BCUT2D eigenvalue weighted by molar-refractivity contribution is 0.0139. The van der Waals surface area contributed by atoms with E-state index in [1.54, 1.807) is 0 Å². The van der Waals surface area contributed by atoms with Crippen molar-refractivity contribution in [2.24, 2.45) is 5.16 Å². The summed E-state index contributed by atoms with van der Waals surface area (Å²) in [5.74, 6) is 0. The minimum Gasteiger partial charge on any atom is -0.392 e. The largest absolute Gasteiger partial charge is 0.392 e. The molecule has 0 saturated carbocycles. The molecule has 154 valence electrons. The molecule has 1 aliphatic carbocycles.